The number of carboxylic acid groups (broad SMARTS) is 1. The second-order valence-corrected chi connectivity index (χ2v) is 7.33. The Kier molecular flexibility index (Phi) is 5.89. The van der Waals surface area contributed by atoms with Crippen LogP contribution >= 0.6 is 0 Å². The first-order chi connectivity index (χ1) is 12.1. The summed E-state index contributed by atoms with van der Waals surface area (Å²) in [5.74, 6) is -2.04. The minimum absolute atomic E-state index is 0.0681. The molecule has 1 aliphatic carbocycles. The van der Waals surface area contributed by atoms with Gasteiger partial charge in [0.25, 0.3) is 5.91 Å². The van der Waals surface area contributed by atoms with Gasteiger partial charge in [0.2, 0.25) is 0 Å². The number of aliphatic carboxylic acids is 1. The summed E-state index contributed by atoms with van der Waals surface area (Å²) in [7, 11) is 0. The van der Waals surface area contributed by atoms with E-state index in [0.29, 0.717) is 4.90 Å². The molecule has 26 heavy (non-hydrogen) atoms. The number of amides is 4. The lowest BCUT2D eigenvalue weighted by Crippen LogP contribution is -2.49. The predicted octanol–water partition coefficient (Wildman–Crippen LogP) is 1.34. The highest BCUT2D eigenvalue weighted by Gasteiger charge is 2.47. The summed E-state index contributed by atoms with van der Waals surface area (Å²) in [6.07, 6.45) is 5.56. The summed E-state index contributed by atoms with van der Waals surface area (Å²) in [5, 5.41) is 11.7. The van der Waals surface area contributed by atoms with E-state index in [1.807, 2.05) is 12.2 Å². The molecule has 9 heteroatoms. The Morgan fingerprint density at radius 3 is 2.58 bits per heavy atom. The molecule has 0 radical (unpaired) electrons. The zero-order valence-electron chi connectivity index (χ0n) is 15.2. The van der Waals surface area contributed by atoms with E-state index in [4.69, 9.17) is 4.74 Å². The molecule has 0 bridgehead atoms. The minimum Gasteiger partial charge on any atom is -0.480 e. The van der Waals surface area contributed by atoms with Crippen LogP contribution in [0.25, 0.3) is 0 Å². The zero-order chi connectivity index (χ0) is 19.5. The van der Waals surface area contributed by atoms with E-state index >= 15 is 0 Å². The molecular weight excluding hydrogens is 342 g/mol. The average molecular weight is 367 g/mol. The SMILES string of the molecule is CC(C)(C)OC(=O)NCC(=O)N1C(=O)N(C2C=CCCC2)CC1C(=O)O. The highest BCUT2D eigenvalue weighted by Crippen LogP contribution is 2.24. The van der Waals surface area contributed by atoms with Gasteiger partial charge < -0.3 is 20.1 Å². The quantitative estimate of drug-likeness (QED) is 0.724. The van der Waals surface area contributed by atoms with Crippen LogP contribution in [-0.4, -0.2) is 69.7 Å². The van der Waals surface area contributed by atoms with Crippen molar-refractivity contribution in [3.05, 3.63) is 12.2 Å². The van der Waals surface area contributed by atoms with Gasteiger partial charge in [0.05, 0.1) is 12.6 Å². The topological polar surface area (TPSA) is 116 Å². The van der Waals surface area contributed by atoms with E-state index in [1.165, 1.54) is 4.90 Å². The second kappa shape index (κ2) is 7.76. The number of urea groups is 1. The summed E-state index contributed by atoms with van der Waals surface area (Å²) in [5.41, 5.74) is -0.732. The summed E-state index contributed by atoms with van der Waals surface area (Å²) < 4.78 is 5.03. The van der Waals surface area contributed by atoms with E-state index in [-0.39, 0.29) is 12.6 Å². The van der Waals surface area contributed by atoms with Gasteiger partial charge in [0.15, 0.2) is 6.04 Å². The van der Waals surface area contributed by atoms with Crippen LogP contribution in [0.4, 0.5) is 9.59 Å². The first kappa shape index (κ1) is 19.7. The number of ether oxygens (including phenoxy) is 1. The minimum atomic E-state index is -1.27. The van der Waals surface area contributed by atoms with Gasteiger partial charge in [0, 0.05) is 0 Å². The Labute approximate surface area is 152 Å². The Bertz CT molecular complexity index is 624. The molecule has 0 aromatic carbocycles. The first-order valence-electron chi connectivity index (χ1n) is 8.59. The van der Waals surface area contributed by atoms with Crippen molar-refractivity contribution in [1.82, 2.24) is 15.1 Å². The molecule has 0 spiro atoms. The fourth-order valence-corrected chi connectivity index (χ4v) is 2.97. The van der Waals surface area contributed by atoms with Crippen molar-refractivity contribution >= 4 is 24.0 Å². The van der Waals surface area contributed by atoms with Gasteiger partial charge in [-0.15, -0.1) is 0 Å². The average Bonchev–Trinajstić information content (AvgIpc) is 2.89. The molecule has 0 aromatic rings. The molecule has 2 unspecified atom stereocenters. The smallest absolute Gasteiger partial charge is 0.408 e. The van der Waals surface area contributed by atoms with Crippen LogP contribution in [0.3, 0.4) is 0 Å². The van der Waals surface area contributed by atoms with Gasteiger partial charge in [-0.2, -0.15) is 0 Å². The van der Waals surface area contributed by atoms with Crippen molar-refractivity contribution in [2.75, 3.05) is 13.1 Å². The maximum Gasteiger partial charge on any atom is 0.408 e. The van der Waals surface area contributed by atoms with Gasteiger partial charge >= 0.3 is 18.1 Å². The number of imide groups is 1. The van der Waals surface area contributed by atoms with Gasteiger partial charge in [0.1, 0.15) is 12.1 Å². The number of hydrogen-bond donors (Lipinski definition) is 2. The van der Waals surface area contributed by atoms with Gasteiger partial charge in [-0.05, 0) is 40.0 Å². The van der Waals surface area contributed by atoms with E-state index in [1.54, 1.807) is 20.8 Å². The molecule has 9 nitrogen and oxygen atoms in total. The zero-order valence-corrected chi connectivity index (χ0v) is 15.2. The van der Waals surface area contributed by atoms with Gasteiger partial charge in [-0.25, -0.2) is 19.3 Å². The molecule has 144 valence electrons. The molecule has 0 aromatic heterocycles. The second-order valence-electron chi connectivity index (χ2n) is 7.33. The molecule has 1 aliphatic heterocycles. The highest BCUT2D eigenvalue weighted by molar-refractivity contribution is 6.02. The van der Waals surface area contributed by atoms with Crippen LogP contribution in [0.5, 0.6) is 0 Å². The van der Waals surface area contributed by atoms with Crippen molar-refractivity contribution in [2.45, 2.75) is 57.7 Å². The van der Waals surface area contributed by atoms with Crippen LogP contribution in [0, 0.1) is 0 Å². The van der Waals surface area contributed by atoms with Crippen LogP contribution < -0.4 is 5.32 Å². The lowest BCUT2D eigenvalue weighted by molar-refractivity contribution is -0.145. The molecule has 1 fully saturated rings. The lowest BCUT2D eigenvalue weighted by Gasteiger charge is -2.27. The summed E-state index contributed by atoms with van der Waals surface area (Å²) in [6.45, 7) is 4.44. The van der Waals surface area contributed by atoms with Crippen LogP contribution in [0.1, 0.15) is 40.0 Å². The van der Waals surface area contributed by atoms with Gasteiger partial charge in [-0.1, -0.05) is 12.2 Å². The normalized spacial score (nSPS) is 23.1. The highest BCUT2D eigenvalue weighted by atomic mass is 16.6. The summed E-state index contributed by atoms with van der Waals surface area (Å²) >= 11 is 0. The Balaban J connectivity index is 2.04. The first-order valence-corrected chi connectivity index (χ1v) is 8.59. The van der Waals surface area contributed by atoms with E-state index in [2.05, 4.69) is 5.32 Å². The van der Waals surface area contributed by atoms with Crippen molar-refractivity contribution < 1.29 is 29.0 Å². The third-order valence-corrected chi connectivity index (χ3v) is 4.10. The number of carbonyl (C=O) groups is 4. The van der Waals surface area contributed by atoms with Crippen LogP contribution in [0.2, 0.25) is 0 Å². The Morgan fingerprint density at radius 1 is 1.35 bits per heavy atom. The summed E-state index contributed by atoms with van der Waals surface area (Å²) in [6, 6.07) is -2.13. The molecule has 1 saturated heterocycles. The van der Waals surface area contributed by atoms with Crippen molar-refractivity contribution in [3.63, 3.8) is 0 Å². The van der Waals surface area contributed by atoms with Crippen molar-refractivity contribution in [2.24, 2.45) is 0 Å². The monoisotopic (exact) mass is 367 g/mol. The predicted molar refractivity (Wildman–Crippen MR) is 91.4 cm³/mol. The molecule has 2 N–H and O–H groups in total. The molecular formula is C17H25N3O6. The number of rotatable bonds is 4. The maximum atomic E-state index is 12.6. The van der Waals surface area contributed by atoms with E-state index in [0.717, 1.165) is 19.3 Å². The van der Waals surface area contributed by atoms with Crippen LogP contribution in [-0.2, 0) is 14.3 Å². The molecule has 1 heterocycles. The third kappa shape index (κ3) is 4.74. The van der Waals surface area contributed by atoms with Crippen molar-refractivity contribution in [1.29, 1.82) is 0 Å². The fraction of sp³-hybridized carbons (Fsp3) is 0.647. The lowest BCUT2D eigenvalue weighted by atomic mass is 10.0. The molecule has 0 saturated carbocycles. The number of carboxylic acids is 1. The number of hydrogen-bond acceptors (Lipinski definition) is 5. The molecule has 2 aliphatic rings. The van der Waals surface area contributed by atoms with E-state index in [9.17, 15) is 24.3 Å². The standard InChI is InChI=1S/C17H25N3O6/c1-17(2,3)26-15(24)18-9-13(21)20-12(14(22)23)10-19(16(20)25)11-7-5-4-6-8-11/h5,7,11-12H,4,6,8-10H2,1-3H3,(H,18,24)(H,22,23). The molecule has 4 amide bonds. The Hall–Kier alpha value is -2.58. The number of carbonyl (C=O) groups excluding carboxylic acids is 3. The number of nitrogens with zero attached hydrogens (tertiary/aromatic N) is 2. The summed E-state index contributed by atoms with van der Waals surface area (Å²) in [4.78, 5) is 50.3. The van der Waals surface area contributed by atoms with Crippen molar-refractivity contribution in [3.8, 4) is 0 Å². The number of allylic oxidation sites excluding steroid dienone is 1. The van der Waals surface area contributed by atoms with Crippen LogP contribution in [0.15, 0.2) is 12.2 Å². The molecule has 2 atom stereocenters. The Morgan fingerprint density at radius 2 is 2.04 bits per heavy atom. The molecule has 2 rings (SSSR count). The fourth-order valence-electron chi connectivity index (χ4n) is 2.97. The maximum absolute atomic E-state index is 12.6. The third-order valence-electron chi connectivity index (χ3n) is 4.10. The number of nitrogens with one attached hydrogen (secondary N) is 1. The largest absolute Gasteiger partial charge is 0.480 e. The number of alkyl carbamates (subject to hydrolysis) is 1. The van der Waals surface area contributed by atoms with E-state index < -0.39 is 42.2 Å². The van der Waals surface area contributed by atoms with Gasteiger partial charge in [-0.3, -0.25) is 4.79 Å².